The standard InChI is InChI=1S/C23H24N6O3/c1-26-13-14-28(22-21(26)24-17-7-3-4-8-18(17)25-22)23(30)16-9-10-19(20(15-16)29(31)32)27-11-5-2-6-12-27/h3-4,7-10,15H,2,5-6,11-14H2,1H3. The second-order valence-electron chi connectivity index (χ2n) is 8.25. The van der Waals surface area contributed by atoms with Crippen LogP contribution in [0.4, 0.5) is 23.0 Å². The number of benzene rings is 2. The van der Waals surface area contributed by atoms with Crippen molar-refractivity contribution in [3.63, 3.8) is 0 Å². The number of nitrogens with zero attached hydrogens (tertiary/aromatic N) is 6. The fourth-order valence-corrected chi connectivity index (χ4v) is 4.44. The summed E-state index contributed by atoms with van der Waals surface area (Å²) in [5.74, 6) is 0.796. The maximum Gasteiger partial charge on any atom is 0.293 e. The van der Waals surface area contributed by atoms with E-state index in [1.54, 1.807) is 17.0 Å². The minimum Gasteiger partial charge on any atom is -0.366 e. The number of likely N-dealkylation sites (N-methyl/N-ethyl adjacent to an activating group) is 1. The van der Waals surface area contributed by atoms with Crippen LogP contribution < -0.4 is 14.7 Å². The number of fused-ring (bicyclic) bond motifs is 2. The topological polar surface area (TPSA) is 95.7 Å². The van der Waals surface area contributed by atoms with Crippen LogP contribution in [0.2, 0.25) is 0 Å². The highest BCUT2D eigenvalue weighted by Crippen LogP contribution is 2.34. The molecular formula is C23H24N6O3. The summed E-state index contributed by atoms with van der Waals surface area (Å²) >= 11 is 0. The molecule has 1 fully saturated rings. The number of hydrogen-bond donors (Lipinski definition) is 0. The summed E-state index contributed by atoms with van der Waals surface area (Å²) in [5, 5.41) is 11.8. The number of anilines is 3. The van der Waals surface area contributed by atoms with Crippen LogP contribution in [0.1, 0.15) is 29.6 Å². The number of para-hydroxylation sites is 2. The van der Waals surface area contributed by atoms with Gasteiger partial charge in [0.15, 0.2) is 11.6 Å². The van der Waals surface area contributed by atoms with Gasteiger partial charge in [-0.2, -0.15) is 0 Å². The molecular weight excluding hydrogens is 408 g/mol. The third-order valence-corrected chi connectivity index (χ3v) is 6.17. The molecule has 3 aromatic rings. The zero-order chi connectivity index (χ0) is 22.2. The maximum absolute atomic E-state index is 13.5. The van der Waals surface area contributed by atoms with E-state index in [0.29, 0.717) is 35.9 Å². The zero-order valence-corrected chi connectivity index (χ0v) is 17.9. The summed E-state index contributed by atoms with van der Waals surface area (Å²) in [5.41, 5.74) is 2.29. The number of nitro groups is 1. The van der Waals surface area contributed by atoms with Gasteiger partial charge in [0.25, 0.3) is 11.6 Å². The van der Waals surface area contributed by atoms with Crippen molar-refractivity contribution in [3.8, 4) is 0 Å². The van der Waals surface area contributed by atoms with E-state index in [4.69, 9.17) is 9.97 Å². The molecule has 3 heterocycles. The third kappa shape index (κ3) is 3.49. The summed E-state index contributed by atoms with van der Waals surface area (Å²) in [6, 6.07) is 12.3. The van der Waals surface area contributed by atoms with Crippen LogP contribution in [-0.4, -0.2) is 54.0 Å². The molecule has 1 aromatic heterocycles. The lowest BCUT2D eigenvalue weighted by Crippen LogP contribution is -2.43. The molecule has 2 aliphatic rings. The van der Waals surface area contributed by atoms with E-state index in [1.165, 1.54) is 6.07 Å². The average molecular weight is 432 g/mol. The monoisotopic (exact) mass is 432 g/mol. The van der Waals surface area contributed by atoms with E-state index in [1.807, 2.05) is 41.1 Å². The molecule has 0 spiro atoms. The highest BCUT2D eigenvalue weighted by molar-refractivity contribution is 6.08. The summed E-state index contributed by atoms with van der Waals surface area (Å²) in [6.07, 6.45) is 3.17. The highest BCUT2D eigenvalue weighted by atomic mass is 16.6. The van der Waals surface area contributed by atoms with Crippen LogP contribution in [-0.2, 0) is 0 Å². The van der Waals surface area contributed by atoms with E-state index in [2.05, 4.69) is 0 Å². The Bertz CT molecular complexity index is 1210. The fourth-order valence-electron chi connectivity index (χ4n) is 4.44. The fraction of sp³-hybridized carbons (Fsp3) is 0.348. The number of hydrogen-bond acceptors (Lipinski definition) is 7. The highest BCUT2D eigenvalue weighted by Gasteiger charge is 2.31. The Morgan fingerprint density at radius 1 is 0.938 bits per heavy atom. The van der Waals surface area contributed by atoms with E-state index < -0.39 is 4.92 Å². The van der Waals surface area contributed by atoms with Gasteiger partial charge in [0.05, 0.1) is 16.0 Å². The van der Waals surface area contributed by atoms with Gasteiger partial charge in [-0.05, 0) is 43.5 Å². The van der Waals surface area contributed by atoms with Crippen LogP contribution in [0.25, 0.3) is 11.0 Å². The van der Waals surface area contributed by atoms with Crippen LogP contribution in [0.5, 0.6) is 0 Å². The lowest BCUT2D eigenvalue weighted by Gasteiger charge is -2.34. The molecule has 0 unspecified atom stereocenters. The summed E-state index contributed by atoms with van der Waals surface area (Å²) in [4.78, 5) is 39.9. The average Bonchev–Trinajstić information content (AvgIpc) is 2.83. The van der Waals surface area contributed by atoms with Crippen molar-refractivity contribution in [1.29, 1.82) is 0 Å². The number of carbonyl (C=O) groups is 1. The van der Waals surface area contributed by atoms with Gasteiger partial charge in [-0.15, -0.1) is 0 Å². The Morgan fingerprint density at radius 2 is 1.62 bits per heavy atom. The lowest BCUT2D eigenvalue weighted by atomic mass is 10.1. The summed E-state index contributed by atoms with van der Waals surface area (Å²) in [7, 11) is 1.92. The third-order valence-electron chi connectivity index (χ3n) is 6.17. The van der Waals surface area contributed by atoms with Crippen molar-refractivity contribution in [1.82, 2.24) is 9.97 Å². The quantitative estimate of drug-likeness (QED) is 0.461. The molecule has 0 atom stereocenters. The summed E-state index contributed by atoms with van der Waals surface area (Å²) in [6.45, 7) is 2.61. The van der Waals surface area contributed by atoms with Crippen LogP contribution in [0.15, 0.2) is 42.5 Å². The Morgan fingerprint density at radius 3 is 2.31 bits per heavy atom. The van der Waals surface area contributed by atoms with Gasteiger partial charge in [0.2, 0.25) is 0 Å². The first-order chi connectivity index (χ1) is 15.5. The number of rotatable bonds is 3. The van der Waals surface area contributed by atoms with E-state index in [9.17, 15) is 14.9 Å². The zero-order valence-electron chi connectivity index (χ0n) is 17.9. The van der Waals surface area contributed by atoms with Crippen molar-refractivity contribution in [3.05, 3.63) is 58.1 Å². The predicted octanol–water partition coefficient (Wildman–Crippen LogP) is 3.62. The van der Waals surface area contributed by atoms with E-state index in [0.717, 1.165) is 37.9 Å². The molecule has 0 aliphatic carbocycles. The number of carbonyl (C=O) groups excluding carboxylic acids is 1. The molecule has 9 heteroatoms. The summed E-state index contributed by atoms with van der Waals surface area (Å²) < 4.78 is 0. The molecule has 32 heavy (non-hydrogen) atoms. The van der Waals surface area contributed by atoms with Crippen molar-refractivity contribution in [2.45, 2.75) is 19.3 Å². The second-order valence-corrected chi connectivity index (χ2v) is 8.25. The van der Waals surface area contributed by atoms with Crippen molar-refractivity contribution < 1.29 is 9.72 Å². The molecule has 2 aliphatic heterocycles. The SMILES string of the molecule is CN1CCN(C(=O)c2ccc(N3CCCCC3)c([N+](=O)[O-])c2)c2nc3ccccc3nc21. The van der Waals surface area contributed by atoms with Crippen LogP contribution >= 0.6 is 0 Å². The Labute approximate surface area is 185 Å². The van der Waals surface area contributed by atoms with Gasteiger partial charge in [0, 0.05) is 44.9 Å². The smallest absolute Gasteiger partial charge is 0.293 e. The first-order valence-electron chi connectivity index (χ1n) is 10.9. The number of amides is 1. The van der Waals surface area contributed by atoms with Gasteiger partial charge >= 0.3 is 0 Å². The van der Waals surface area contributed by atoms with Crippen molar-refractivity contribution in [2.75, 3.05) is 47.9 Å². The van der Waals surface area contributed by atoms with E-state index in [-0.39, 0.29) is 17.2 Å². The van der Waals surface area contributed by atoms with Gasteiger partial charge in [-0.1, -0.05) is 12.1 Å². The van der Waals surface area contributed by atoms with Crippen molar-refractivity contribution >= 4 is 40.0 Å². The number of piperidine rings is 1. The molecule has 2 aromatic carbocycles. The number of aromatic nitrogens is 2. The predicted molar refractivity (Wildman–Crippen MR) is 124 cm³/mol. The molecule has 9 nitrogen and oxygen atoms in total. The molecule has 1 saturated heterocycles. The van der Waals surface area contributed by atoms with E-state index >= 15 is 0 Å². The normalized spacial score (nSPS) is 16.2. The maximum atomic E-state index is 13.5. The minimum absolute atomic E-state index is 0.0308. The van der Waals surface area contributed by atoms with Gasteiger partial charge in [-0.3, -0.25) is 19.8 Å². The molecule has 164 valence electrons. The van der Waals surface area contributed by atoms with Gasteiger partial charge < -0.3 is 9.80 Å². The molecule has 0 bridgehead atoms. The lowest BCUT2D eigenvalue weighted by molar-refractivity contribution is -0.384. The first kappa shape index (κ1) is 20.2. The first-order valence-corrected chi connectivity index (χ1v) is 10.9. The van der Waals surface area contributed by atoms with Crippen LogP contribution in [0, 0.1) is 10.1 Å². The Kier molecular flexibility index (Phi) is 5.08. The Hall–Kier alpha value is -3.75. The molecule has 1 amide bonds. The molecule has 0 radical (unpaired) electrons. The molecule has 0 saturated carbocycles. The van der Waals surface area contributed by atoms with Crippen LogP contribution in [0.3, 0.4) is 0 Å². The van der Waals surface area contributed by atoms with Crippen molar-refractivity contribution in [2.24, 2.45) is 0 Å². The largest absolute Gasteiger partial charge is 0.366 e. The Balaban J connectivity index is 1.53. The van der Waals surface area contributed by atoms with Gasteiger partial charge in [0.1, 0.15) is 5.69 Å². The molecule has 5 rings (SSSR count). The minimum atomic E-state index is -0.397. The second kappa shape index (κ2) is 8.07. The number of nitro benzene ring substituents is 1. The molecule has 0 N–H and O–H groups in total. The van der Waals surface area contributed by atoms with Gasteiger partial charge in [-0.25, -0.2) is 9.97 Å².